The van der Waals surface area contributed by atoms with Crippen molar-refractivity contribution in [3.05, 3.63) is 89.0 Å². The van der Waals surface area contributed by atoms with E-state index in [0.717, 1.165) is 23.2 Å². The molecule has 0 fully saturated rings. The van der Waals surface area contributed by atoms with Crippen LogP contribution in [0.3, 0.4) is 0 Å². The van der Waals surface area contributed by atoms with Crippen molar-refractivity contribution in [2.45, 2.75) is 44.6 Å². The molecule has 3 aromatic rings. The minimum atomic E-state index is -3.67. The van der Waals surface area contributed by atoms with Crippen LogP contribution in [-0.4, -0.2) is 20.4 Å². The average molecular weight is 435 g/mol. The monoisotopic (exact) mass is 434 g/mol. The molecular formula is C25H26N2O3S. The van der Waals surface area contributed by atoms with Crippen LogP contribution >= 0.6 is 0 Å². The van der Waals surface area contributed by atoms with Crippen molar-refractivity contribution in [2.75, 3.05) is 9.62 Å². The Hall–Kier alpha value is -3.12. The Morgan fingerprint density at radius 1 is 1.03 bits per heavy atom. The van der Waals surface area contributed by atoms with Crippen LogP contribution < -0.4 is 9.62 Å². The lowest BCUT2D eigenvalue weighted by molar-refractivity contribution is 0.102. The number of benzene rings is 3. The van der Waals surface area contributed by atoms with Gasteiger partial charge in [0.15, 0.2) is 0 Å². The Bertz CT molecular complexity index is 1220. The van der Waals surface area contributed by atoms with Gasteiger partial charge in [-0.05, 0) is 80.3 Å². The number of anilines is 2. The molecule has 1 N–H and O–H groups in total. The summed E-state index contributed by atoms with van der Waals surface area (Å²) in [5, 5.41) is 2.91. The Labute approximate surface area is 183 Å². The fraction of sp³-hybridized carbons (Fsp3) is 0.240. The van der Waals surface area contributed by atoms with Crippen LogP contribution in [0.2, 0.25) is 0 Å². The number of hydrogen-bond acceptors (Lipinski definition) is 3. The molecule has 0 radical (unpaired) electrons. The molecule has 1 atom stereocenters. The molecule has 1 heterocycles. The molecule has 0 bridgehead atoms. The number of sulfonamides is 1. The standard InChI is InChI=1S/C25H26N2O3S/c1-4-19-7-10-22(11-8-19)26-25(28)20-9-14-24-21(16-20)15-18(3)27(24)31(29,30)23-12-5-17(2)6-13-23/h5-14,16,18H,4,15H2,1-3H3,(H,26,28)/t18-/m0/s1. The first-order valence-corrected chi connectivity index (χ1v) is 11.9. The van der Waals surface area contributed by atoms with Crippen LogP contribution in [0.25, 0.3) is 0 Å². The van der Waals surface area contributed by atoms with Gasteiger partial charge < -0.3 is 5.32 Å². The highest BCUT2D eigenvalue weighted by molar-refractivity contribution is 7.92. The summed E-state index contributed by atoms with van der Waals surface area (Å²) in [6.07, 6.45) is 1.51. The van der Waals surface area contributed by atoms with Crippen LogP contribution in [0.1, 0.15) is 40.9 Å². The second-order valence-corrected chi connectivity index (χ2v) is 9.83. The number of aryl methyl sites for hydroxylation is 2. The minimum Gasteiger partial charge on any atom is -0.322 e. The van der Waals surface area contributed by atoms with E-state index in [2.05, 4.69) is 12.2 Å². The van der Waals surface area contributed by atoms with E-state index in [0.29, 0.717) is 17.7 Å². The van der Waals surface area contributed by atoms with Gasteiger partial charge in [-0.25, -0.2) is 8.42 Å². The summed E-state index contributed by atoms with van der Waals surface area (Å²) in [6.45, 7) is 5.90. The molecule has 160 valence electrons. The second-order valence-electron chi connectivity index (χ2n) is 8.02. The molecule has 31 heavy (non-hydrogen) atoms. The van der Waals surface area contributed by atoms with Crippen LogP contribution in [0.4, 0.5) is 11.4 Å². The quantitative estimate of drug-likeness (QED) is 0.618. The summed E-state index contributed by atoms with van der Waals surface area (Å²) >= 11 is 0. The highest BCUT2D eigenvalue weighted by atomic mass is 32.2. The first-order chi connectivity index (χ1) is 14.8. The zero-order valence-electron chi connectivity index (χ0n) is 17.9. The number of amides is 1. The summed E-state index contributed by atoms with van der Waals surface area (Å²) < 4.78 is 28.0. The first-order valence-electron chi connectivity index (χ1n) is 10.4. The van der Waals surface area contributed by atoms with Gasteiger partial charge in [-0.1, -0.05) is 36.8 Å². The highest BCUT2D eigenvalue weighted by Crippen LogP contribution is 2.37. The average Bonchev–Trinajstić information content (AvgIpc) is 3.10. The topological polar surface area (TPSA) is 66.5 Å². The molecule has 1 aliphatic rings. The summed E-state index contributed by atoms with van der Waals surface area (Å²) in [5.74, 6) is -0.209. The third-order valence-corrected chi connectivity index (χ3v) is 7.63. The summed E-state index contributed by atoms with van der Waals surface area (Å²) in [4.78, 5) is 13.0. The summed E-state index contributed by atoms with van der Waals surface area (Å²) in [6, 6.07) is 19.6. The molecule has 0 aliphatic carbocycles. The predicted molar refractivity (Wildman–Crippen MR) is 124 cm³/mol. The molecule has 0 unspecified atom stereocenters. The highest BCUT2D eigenvalue weighted by Gasteiger charge is 2.36. The van der Waals surface area contributed by atoms with Gasteiger partial charge in [0.1, 0.15) is 0 Å². The van der Waals surface area contributed by atoms with Crippen molar-refractivity contribution < 1.29 is 13.2 Å². The van der Waals surface area contributed by atoms with Crippen LogP contribution in [0.5, 0.6) is 0 Å². The normalized spacial score (nSPS) is 15.6. The van der Waals surface area contributed by atoms with E-state index in [9.17, 15) is 13.2 Å². The predicted octanol–water partition coefficient (Wildman–Crippen LogP) is 4.95. The van der Waals surface area contributed by atoms with Gasteiger partial charge in [0.25, 0.3) is 15.9 Å². The van der Waals surface area contributed by atoms with Crippen molar-refractivity contribution in [3.8, 4) is 0 Å². The Balaban J connectivity index is 1.60. The number of hydrogen-bond donors (Lipinski definition) is 1. The maximum atomic E-state index is 13.3. The summed E-state index contributed by atoms with van der Waals surface area (Å²) in [7, 11) is -3.67. The number of rotatable bonds is 5. The summed E-state index contributed by atoms with van der Waals surface area (Å²) in [5.41, 5.74) is 4.96. The van der Waals surface area contributed by atoms with Gasteiger partial charge in [-0.3, -0.25) is 9.10 Å². The zero-order chi connectivity index (χ0) is 22.2. The van der Waals surface area contributed by atoms with Crippen molar-refractivity contribution >= 4 is 27.3 Å². The first kappa shape index (κ1) is 21.1. The lowest BCUT2D eigenvalue weighted by Crippen LogP contribution is -2.35. The molecule has 6 heteroatoms. The van der Waals surface area contributed by atoms with E-state index in [-0.39, 0.29) is 16.8 Å². The molecule has 1 amide bonds. The SMILES string of the molecule is CCc1ccc(NC(=O)c2ccc3c(c2)C[C@H](C)N3S(=O)(=O)c2ccc(C)cc2)cc1. The largest absolute Gasteiger partial charge is 0.322 e. The van der Waals surface area contributed by atoms with E-state index in [1.54, 1.807) is 42.5 Å². The van der Waals surface area contributed by atoms with Crippen molar-refractivity contribution in [1.29, 1.82) is 0 Å². The van der Waals surface area contributed by atoms with Gasteiger partial charge in [-0.15, -0.1) is 0 Å². The van der Waals surface area contributed by atoms with Gasteiger partial charge in [0, 0.05) is 17.3 Å². The van der Waals surface area contributed by atoms with E-state index in [1.165, 1.54) is 9.87 Å². The lowest BCUT2D eigenvalue weighted by atomic mass is 10.1. The molecule has 0 aromatic heterocycles. The van der Waals surface area contributed by atoms with E-state index in [1.807, 2.05) is 38.1 Å². The number of carbonyl (C=O) groups is 1. The molecule has 0 saturated heterocycles. The van der Waals surface area contributed by atoms with E-state index < -0.39 is 10.0 Å². The van der Waals surface area contributed by atoms with E-state index in [4.69, 9.17) is 0 Å². The molecule has 5 nitrogen and oxygen atoms in total. The van der Waals surface area contributed by atoms with E-state index >= 15 is 0 Å². The Kier molecular flexibility index (Phi) is 5.58. The third-order valence-electron chi connectivity index (χ3n) is 5.69. The Morgan fingerprint density at radius 2 is 1.71 bits per heavy atom. The third kappa shape index (κ3) is 4.08. The maximum Gasteiger partial charge on any atom is 0.264 e. The van der Waals surface area contributed by atoms with Gasteiger partial charge >= 0.3 is 0 Å². The number of fused-ring (bicyclic) bond motifs is 1. The van der Waals surface area contributed by atoms with Gasteiger partial charge in [0.05, 0.1) is 10.6 Å². The lowest BCUT2D eigenvalue weighted by Gasteiger charge is -2.24. The van der Waals surface area contributed by atoms with Crippen LogP contribution in [0, 0.1) is 6.92 Å². The number of nitrogens with one attached hydrogen (secondary N) is 1. The van der Waals surface area contributed by atoms with Gasteiger partial charge in [-0.2, -0.15) is 0 Å². The smallest absolute Gasteiger partial charge is 0.264 e. The molecule has 0 saturated carbocycles. The Morgan fingerprint density at radius 3 is 2.35 bits per heavy atom. The van der Waals surface area contributed by atoms with Crippen molar-refractivity contribution in [3.63, 3.8) is 0 Å². The number of nitrogens with zero attached hydrogens (tertiary/aromatic N) is 1. The van der Waals surface area contributed by atoms with Crippen LogP contribution in [0.15, 0.2) is 71.6 Å². The molecule has 0 spiro atoms. The molecular weight excluding hydrogens is 408 g/mol. The second kappa shape index (κ2) is 8.19. The van der Waals surface area contributed by atoms with Crippen molar-refractivity contribution in [1.82, 2.24) is 0 Å². The fourth-order valence-electron chi connectivity index (χ4n) is 3.96. The molecule has 1 aliphatic heterocycles. The minimum absolute atomic E-state index is 0.209. The van der Waals surface area contributed by atoms with Crippen LogP contribution in [-0.2, 0) is 22.9 Å². The zero-order valence-corrected chi connectivity index (χ0v) is 18.7. The van der Waals surface area contributed by atoms with Crippen molar-refractivity contribution in [2.24, 2.45) is 0 Å². The number of carbonyl (C=O) groups excluding carboxylic acids is 1. The molecule has 4 rings (SSSR count). The fourth-order valence-corrected chi connectivity index (χ4v) is 5.65. The van der Waals surface area contributed by atoms with Gasteiger partial charge in [0.2, 0.25) is 0 Å². The molecule has 3 aromatic carbocycles. The maximum absolute atomic E-state index is 13.3.